The van der Waals surface area contributed by atoms with E-state index >= 15 is 0 Å². The molecule has 14 heavy (non-hydrogen) atoms. The molecular formula is C11H16N2O. The Morgan fingerprint density at radius 3 is 2.86 bits per heavy atom. The minimum atomic E-state index is 0.181. The molecule has 0 aromatic carbocycles. The molecule has 0 atom stereocenters. The average Bonchev–Trinajstić information content (AvgIpc) is 2.26. The topological polar surface area (TPSA) is 33.2 Å². The Bertz CT molecular complexity index is 285. The van der Waals surface area contributed by atoms with E-state index in [-0.39, 0.29) is 5.91 Å². The van der Waals surface area contributed by atoms with Crippen LogP contribution in [0.4, 0.5) is 0 Å². The monoisotopic (exact) mass is 192 g/mol. The highest BCUT2D eigenvalue weighted by Crippen LogP contribution is 1.97. The molecule has 1 aromatic rings. The number of hydrogen-bond acceptors (Lipinski definition) is 2. The molecule has 0 aliphatic carbocycles. The quantitative estimate of drug-likeness (QED) is 0.724. The van der Waals surface area contributed by atoms with E-state index in [0.717, 1.165) is 18.7 Å². The minimum Gasteiger partial charge on any atom is -0.345 e. The molecule has 0 fully saturated rings. The molecule has 0 N–H and O–H groups in total. The molecule has 0 radical (unpaired) electrons. The lowest BCUT2D eigenvalue weighted by Crippen LogP contribution is -2.28. The van der Waals surface area contributed by atoms with Gasteiger partial charge in [0, 0.05) is 38.3 Å². The summed E-state index contributed by atoms with van der Waals surface area (Å²) in [6, 6.07) is 5.83. The third-order valence-electron chi connectivity index (χ3n) is 2.16. The van der Waals surface area contributed by atoms with Gasteiger partial charge in [-0.3, -0.25) is 9.78 Å². The lowest BCUT2D eigenvalue weighted by Gasteiger charge is -2.15. The number of likely N-dealkylation sites (N-methyl/N-ethyl adjacent to an activating group) is 1. The van der Waals surface area contributed by atoms with Gasteiger partial charge in [-0.15, -0.1) is 0 Å². The summed E-state index contributed by atoms with van der Waals surface area (Å²) in [5.41, 5.74) is 1.03. The molecule has 0 aliphatic heterocycles. The first-order valence-electron chi connectivity index (χ1n) is 4.88. The molecule has 0 saturated carbocycles. The van der Waals surface area contributed by atoms with Crippen LogP contribution in [0.25, 0.3) is 0 Å². The molecule has 0 bridgehead atoms. The van der Waals surface area contributed by atoms with Crippen molar-refractivity contribution in [3.8, 4) is 0 Å². The van der Waals surface area contributed by atoms with Gasteiger partial charge in [0.05, 0.1) is 0 Å². The van der Waals surface area contributed by atoms with Gasteiger partial charge in [0.15, 0.2) is 0 Å². The number of rotatable bonds is 4. The third-order valence-corrected chi connectivity index (χ3v) is 2.16. The predicted octanol–water partition coefficient (Wildman–Crippen LogP) is 1.49. The molecule has 1 rings (SSSR count). The van der Waals surface area contributed by atoms with Crippen molar-refractivity contribution in [3.05, 3.63) is 30.1 Å². The van der Waals surface area contributed by atoms with Crippen LogP contribution >= 0.6 is 0 Å². The van der Waals surface area contributed by atoms with E-state index in [1.807, 2.05) is 32.2 Å². The van der Waals surface area contributed by atoms with Crippen LogP contribution in [0.2, 0.25) is 0 Å². The highest BCUT2D eigenvalue weighted by atomic mass is 16.2. The predicted molar refractivity (Wildman–Crippen MR) is 55.9 cm³/mol. The first kappa shape index (κ1) is 10.7. The van der Waals surface area contributed by atoms with Crippen molar-refractivity contribution in [2.45, 2.75) is 19.8 Å². The fourth-order valence-corrected chi connectivity index (χ4v) is 1.22. The number of aromatic nitrogens is 1. The Morgan fingerprint density at radius 1 is 1.50 bits per heavy atom. The van der Waals surface area contributed by atoms with Crippen molar-refractivity contribution in [2.75, 3.05) is 13.6 Å². The van der Waals surface area contributed by atoms with Crippen LogP contribution in [-0.2, 0) is 11.2 Å². The summed E-state index contributed by atoms with van der Waals surface area (Å²) < 4.78 is 0. The molecule has 0 aliphatic rings. The van der Waals surface area contributed by atoms with Crippen LogP contribution in [0.1, 0.15) is 19.0 Å². The van der Waals surface area contributed by atoms with E-state index in [0.29, 0.717) is 6.42 Å². The highest BCUT2D eigenvalue weighted by Gasteiger charge is 2.05. The molecule has 0 spiro atoms. The molecule has 76 valence electrons. The fraction of sp³-hybridized carbons (Fsp3) is 0.455. The molecule has 1 heterocycles. The van der Waals surface area contributed by atoms with Gasteiger partial charge in [0.1, 0.15) is 0 Å². The summed E-state index contributed by atoms with van der Waals surface area (Å²) in [6.07, 6.45) is 3.17. The Hall–Kier alpha value is -1.38. The van der Waals surface area contributed by atoms with E-state index in [9.17, 15) is 4.79 Å². The molecule has 3 nitrogen and oxygen atoms in total. The molecule has 0 saturated heterocycles. The summed E-state index contributed by atoms with van der Waals surface area (Å²) in [5, 5.41) is 0. The minimum absolute atomic E-state index is 0.181. The second kappa shape index (κ2) is 5.37. The van der Waals surface area contributed by atoms with Crippen LogP contribution in [-0.4, -0.2) is 29.4 Å². The Balaban J connectivity index is 2.38. The summed E-state index contributed by atoms with van der Waals surface area (Å²) in [5.74, 6) is 0.181. The Morgan fingerprint density at radius 2 is 2.29 bits per heavy atom. The number of amides is 1. The summed E-state index contributed by atoms with van der Waals surface area (Å²) in [7, 11) is 1.83. The normalized spacial score (nSPS) is 9.86. The smallest absolute Gasteiger partial charge is 0.222 e. The van der Waals surface area contributed by atoms with Crippen LogP contribution in [0.3, 0.4) is 0 Å². The maximum Gasteiger partial charge on any atom is 0.222 e. The van der Waals surface area contributed by atoms with E-state index in [1.165, 1.54) is 0 Å². The number of pyridine rings is 1. The lowest BCUT2D eigenvalue weighted by molar-refractivity contribution is -0.129. The van der Waals surface area contributed by atoms with Crippen molar-refractivity contribution >= 4 is 5.91 Å². The second-order valence-corrected chi connectivity index (χ2v) is 3.24. The molecule has 0 unspecified atom stereocenters. The zero-order valence-electron chi connectivity index (χ0n) is 8.73. The summed E-state index contributed by atoms with van der Waals surface area (Å²) in [6.45, 7) is 2.61. The molecule has 1 aromatic heterocycles. The van der Waals surface area contributed by atoms with Crippen molar-refractivity contribution < 1.29 is 4.79 Å². The molecule has 1 amide bonds. The lowest BCUT2D eigenvalue weighted by atomic mass is 10.2. The maximum atomic E-state index is 11.2. The fourth-order valence-electron chi connectivity index (χ4n) is 1.22. The van der Waals surface area contributed by atoms with E-state index < -0.39 is 0 Å². The first-order valence-corrected chi connectivity index (χ1v) is 4.88. The van der Waals surface area contributed by atoms with Crippen LogP contribution < -0.4 is 0 Å². The van der Waals surface area contributed by atoms with Crippen molar-refractivity contribution in [1.29, 1.82) is 0 Å². The largest absolute Gasteiger partial charge is 0.345 e. The molecular weight excluding hydrogens is 176 g/mol. The first-order chi connectivity index (χ1) is 6.74. The van der Waals surface area contributed by atoms with E-state index in [2.05, 4.69) is 4.98 Å². The van der Waals surface area contributed by atoms with Gasteiger partial charge in [-0.05, 0) is 12.1 Å². The third kappa shape index (κ3) is 3.17. The Labute approximate surface area is 84.8 Å². The second-order valence-electron chi connectivity index (χ2n) is 3.24. The maximum absolute atomic E-state index is 11.2. The SMILES string of the molecule is CCC(=O)N(C)CCc1ccccn1. The number of hydrogen-bond donors (Lipinski definition) is 0. The van der Waals surface area contributed by atoms with Gasteiger partial charge >= 0.3 is 0 Å². The van der Waals surface area contributed by atoms with E-state index in [1.54, 1.807) is 11.1 Å². The number of carbonyl (C=O) groups is 1. The number of nitrogens with zero attached hydrogens (tertiary/aromatic N) is 2. The van der Waals surface area contributed by atoms with Crippen LogP contribution in [0.15, 0.2) is 24.4 Å². The van der Waals surface area contributed by atoms with Crippen LogP contribution in [0.5, 0.6) is 0 Å². The zero-order valence-corrected chi connectivity index (χ0v) is 8.73. The van der Waals surface area contributed by atoms with Crippen molar-refractivity contribution in [1.82, 2.24) is 9.88 Å². The molecule has 3 heteroatoms. The van der Waals surface area contributed by atoms with Crippen LogP contribution in [0, 0.1) is 0 Å². The average molecular weight is 192 g/mol. The summed E-state index contributed by atoms with van der Waals surface area (Å²) >= 11 is 0. The van der Waals surface area contributed by atoms with Gasteiger partial charge in [-0.25, -0.2) is 0 Å². The van der Waals surface area contributed by atoms with Gasteiger partial charge < -0.3 is 4.90 Å². The van der Waals surface area contributed by atoms with Gasteiger partial charge in [-0.2, -0.15) is 0 Å². The number of carbonyl (C=O) groups excluding carboxylic acids is 1. The standard InChI is InChI=1S/C11H16N2O/c1-3-11(14)13(2)9-7-10-6-4-5-8-12-10/h4-6,8H,3,7,9H2,1-2H3. The van der Waals surface area contributed by atoms with Gasteiger partial charge in [0.2, 0.25) is 5.91 Å². The van der Waals surface area contributed by atoms with E-state index in [4.69, 9.17) is 0 Å². The Kier molecular flexibility index (Phi) is 4.11. The zero-order chi connectivity index (χ0) is 10.4. The van der Waals surface area contributed by atoms with Crippen molar-refractivity contribution in [3.63, 3.8) is 0 Å². The summed E-state index contributed by atoms with van der Waals surface area (Å²) in [4.78, 5) is 17.2. The highest BCUT2D eigenvalue weighted by molar-refractivity contribution is 5.75. The van der Waals surface area contributed by atoms with Gasteiger partial charge in [0.25, 0.3) is 0 Å². The van der Waals surface area contributed by atoms with Gasteiger partial charge in [-0.1, -0.05) is 13.0 Å². The van der Waals surface area contributed by atoms with Crippen molar-refractivity contribution in [2.24, 2.45) is 0 Å².